The van der Waals surface area contributed by atoms with Crippen molar-refractivity contribution in [3.05, 3.63) is 42.0 Å². The van der Waals surface area contributed by atoms with Crippen LogP contribution in [0.2, 0.25) is 0 Å². The molecule has 0 aromatic heterocycles. The van der Waals surface area contributed by atoms with Crippen LogP contribution in [-0.2, 0) is 16.5 Å². The molecule has 0 heterocycles. The molecule has 0 unspecified atom stereocenters. The third-order valence-electron chi connectivity index (χ3n) is 5.48. The standard InChI is InChI=1S/C24H36O3S.Na/c1-2-3-4-5-6-7-8-9-10-11-12-13-14-21-15-16-22-17-18-24(28(25,26)27)20-23(22)19-21;/h15-20H,2-14H2,1H3,(H,25,26,27);/q;+1/p-1. The molecule has 0 fully saturated rings. The molecule has 0 atom stereocenters. The molecule has 0 radical (unpaired) electrons. The number of aryl methyl sites for hydroxylation is 1. The van der Waals surface area contributed by atoms with Gasteiger partial charge in [0, 0.05) is 0 Å². The molecule has 0 N–H and O–H groups in total. The van der Waals surface area contributed by atoms with Crippen molar-refractivity contribution in [3.63, 3.8) is 0 Å². The first-order valence-electron chi connectivity index (χ1n) is 11.0. The van der Waals surface area contributed by atoms with Crippen LogP contribution in [0.25, 0.3) is 10.8 Å². The van der Waals surface area contributed by atoms with E-state index in [0.717, 1.165) is 23.6 Å². The Hall–Kier alpha value is -0.390. The van der Waals surface area contributed by atoms with Crippen LogP contribution in [0.4, 0.5) is 0 Å². The Morgan fingerprint density at radius 3 is 1.76 bits per heavy atom. The Balaban J connectivity index is 0.00000420. The maximum Gasteiger partial charge on any atom is 1.00 e. The fourth-order valence-electron chi connectivity index (χ4n) is 3.76. The largest absolute Gasteiger partial charge is 1.00 e. The van der Waals surface area contributed by atoms with E-state index in [1.165, 1.54) is 88.3 Å². The molecule has 2 aromatic rings. The smallest absolute Gasteiger partial charge is 0.744 e. The molecule has 29 heavy (non-hydrogen) atoms. The second kappa shape index (κ2) is 14.6. The van der Waals surface area contributed by atoms with Gasteiger partial charge in [-0.2, -0.15) is 0 Å². The van der Waals surface area contributed by atoms with Gasteiger partial charge in [0.1, 0.15) is 10.1 Å². The molecule has 0 aliphatic carbocycles. The molecular formula is C24H35NaO3S. The molecule has 0 saturated carbocycles. The van der Waals surface area contributed by atoms with Gasteiger partial charge in [0.25, 0.3) is 0 Å². The monoisotopic (exact) mass is 426 g/mol. The topological polar surface area (TPSA) is 57.2 Å². The van der Waals surface area contributed by atoms with E-state index < -0.39 is 10.1 Å². The zero-order valence-electron chi connectivity index (χ0n) is 18.3. The second-order valence-electron chi connectivity index (χ2n) is 7.94. The maximum absolute atomic E-state index is 11.2. The van der Waals surface area contributed by atoms with Crippen molar-refractivity contribution in [3.8, 4) is 0 Å². The van der Waals surface area contributed by atoms with Crippen molar-refractivity contribution in [2.24, 2.45) is 0 Å². The molecule has 3 nitrogen and oxygen atoms in total. The van der Waals surface area contributed by atoms with Crippen LogP contribution in [0.1, 0.15) is 89.5 Å². The van der Waals surface area contributed by atoms with Gasteiger partial charge in [0.15, 0.2) is 0 Å². The summed E-state index contributed by atoms with van der Waals surface area (Å²) >= 11 is 0. The number of unbranched alkanes of at least 4 members (excludes halogenated alkanes) is 11. The molecule has 5 heteroatoms. The van der Waals surface area contributed by atoms with Gasteiger partial charge in [-0.3, -0.25) is 0 Å². The molecule has 156 valence electrons. The SMILES string of the molecule is CCCCCCCCCCCCCCc1ccc2ccc(S(=O)(=O)[O-])cc2c1.[Na+]. The third kappa shape index (κ3) is 10.5. The molecule has 2 rings (SSSR count). The minimum Gasteiger partial charge on any atom is -0.744 e. The van der Waals surface area contributed by atoms with E-state index in [2.05, 4.69) is 13.0 Å². The number of hydrogen-bond donors (Lipinski definition) is 0. The van der Waals surface area contributed by atoms with Crippen LogP contribution < -0.4 is 29.6 Å². The fraction of sp³-hybridized carbons (Fsp3) is 0.583. The first-order valence-corrected chi connectivity index (χ1v) is 12.4. The summed E-state index contributed by atoms with van der Waals surface area (Å²) in [7, 11) is -4.40. The molecular weight excluding hydrogens is 391 g/mol. The van der Waals surface area contributed by atoms with Crippen molar-refractivity contribution in [1.82, 2.24) is 0 Å². The maximum atomic E-state index is 11.2. The predicted octanol–water partition coefficient (Wildman–Crippen LogP) is 3.99. The fourth-order valence-corrected chi connectivity index (χ4v) is 4.26. The van der Waals surface area contributed by atoms with Crippen LogP contribution in [0.5, 0.6) is 0 Å². The number of rotatable bonds is 14. The summed E-state index contributed by atoms with van der Waals surface area (Å²) in [6.45, 7) is 2.26. The predicted molar refractivity (Wildman–Crippen MR) is 117 cm³/mol. The Morgan fingerprint density at radius 2 is 1.21 bits per heavy atom. The molecule has 2 aromatic carbocycles. The summed E-state index contributed by atoms with van der Waals surface area (Å²) < 4.78 is 33.6. The molecule has 0 aliphatic heterocycles. The van der Waals surface area contributed by atoms with Gasteiger partial charge in [-0.15, -0.1) is 0 Å². The van der Waals surface area contributed by atoms with E-state index in [0.29, 0.717) is 0 Å². The van der Waals surface area contributed by atoms with Crippen LogP contribution in [0.15, 0.2) is 41.3 Å². The van der Waals surface area contributed by atoms with Gasteiger partial charge in [0.2, 0.25) is 0 Å². The van der Waals surface area contributed by atoms with E-state index in [4.69, 9.17) is 0 Å². The Bertz CT molecular complexity index is 818. The van der Waals surface area contributed by atoms with Gasteiger partial charge >= 0.3 is 29.6 Å². The quantitative estimate of drug-likeness (QED) is 0.261. The Morgan fingerprint density at radius 1 is 0.690 bits per heavy atom. The molecule has 0 bridgehead atoms. The van der Waals surface area contributed by atoms with Gasteiger partial charge in [-0.05, 0) is 41.3 Å². The van der Waals surface area contributed by atoms with Gasteiger partial charge in [-0.1, -0.05) is 102 Å². The number of fused-ring (bicyclic) bond motifs is 1. The van der Waals surface area contributed by atoms with Gasteiger partial charge < -0.3 is 4.55 Å². The summed E-state index contributed by atoms with van der Waals surface area (Å²) in [5.41, 5.74) is 1.21. The molecule has 0 amide bonds. The first kappa shape index (κ1) is 26.6. The zero-order valence-corrected chi connectivity index (χ0v) is 21.1. The minimum absolute atomic E-state index is 0. The summed E-state index contributed by atoms with van der Waals surface area (Å²) in [5, 5.41) is 1.79. The van der Waals surface area contributed by atoms with Crippen LogP contribution in [-0.4, -0.2) is 13.0 Å². The summed E-state index contributed by atoms with van der Waals surface area (Å²) in [5.74, 6) is 0. The third-order valence-corrected chi connectivity index (χ3v) is 6.32. The Kier molecular flexibility index (Phi) is 13.4. The van der Waals surface area contributed by atoms with E-state index in [9.17, 15) is 13.0 Å². The average Bonchev–Trinajstić information content (AvgIpc) is 2.67. The van der Waals surface area contributed by atoms with Crippen molar-refractivity contribution >= 4 is 20.9 Å². The van der Waals surface area contributed by atoms with Crippen molar-refractivity contribution in [2.75, 3.05) is 0 Å². The number of benzene rings is 2. The van der Waals surface area contributed by atoms with Crippen molar-refractivity contribution in [2.45, 2.75) is 95.3 Å². The summed E-state index contributed by atoms with van der Waals surface area (Å²) in [4.78, 5) is -0.150. The zero-order chi connectivity index (χ0) is 20.2. The van der Waals surface area contributed by atoms with E-state index in [1.54, 1.807) is 6.07 Å². The molecule has 0 saturated heterocycles. The van der Waals surface area contributed by atoms with Crippen LogP contribution >= 0.6 is 0 Å². The van der Waals surface area contributed by atoms with Crippen LogP contribution in [0, 0.1) is 0 Å². The van der Waals surface area contributed by atoms with E-state index in [1.807, 2.05) is 12.1 Å². The van der Waals surface area contributed by atoms with E-state index >= 15 is 0 Å². The average molecular weight is 427 g/mol. The van der Waals surface area contributed by atoms with Crippen molar-refractivity contribution < 1.29 is 42.5 Å². The van der Waals surface area contributed by atoms with E-state index in [-0.39, 0.29) is 34.5 Å². The van der Waals surface area contributed by atoms with Gasteiger partial charge in [-0.25, -0.2) is 8.42 Å². The summed E-state index contributed by atoms with van der Waals surface area (Å²) in [6, 6.07) is 10.7. The van der Waals surface area contributed by atoms with Crippen molar-refractivity contribution in [1.29, 1.82) is 0 Å². The summed E-state index contributed by atoms with van der Waals surface area (Å²) in [6.07, 6.45) is 17.1. The minimum atomic E-state index is -4.40. The van der Waals surface area contributed by atoms with Crippen LogP contribution in [0.3, 0.4) is 0 Å². The number of hydrogen-bond acceptors (Lipinski definition) is 3. The molecule has 0 spiro atoms. The second-order valence-corrected chi connectivity index (χ2v) is 9.32. The first-order chi connectivity index (χ1) is 13.5. The Labute approximate surface area is 199 Å². The van der Waals surface area contributed by atoms with Gasteiger partial charge in [0.05, 0.1) is 4.90 Å². The molecule has 0 aliphatic rings. The normalized spacial score (nSPS) is 11.5.